The fourth-order valence-electron chi connectivity index (χ4n) is 3.17. The molecule has 0 radical (unpaired) electrons. The van der Waals surface area contributed by atoms with Crippen molar-refractivity contribution in [3.63, 3.8) is 0 Å². The van der Waals surface area contributed by atoms with Crippen LogP contribution in [0.3, 0.4) is 0 Å². The maximum Gasteiger partial charge on any atom is 0.258 e. The van der Waals surface area contributed by atoms with E-state index in [4.69, 9.17) is 16.0 Å². The molecule has 0 aliphatic rings. The molecule has 0 spiro atoms. The van der Waals surface area contributed by atoms with E-state index < -0.39 is 0 Å². The molecule has 1 N–H and O–H groups in total. The van der Waals surface area contributed by atoms with Gasteiger partial charge in [-0.15, -0.1) is 11.3 Å². The van der Waals surface area contributed by atoms with Crippen molar-refractivity contribution in [2.24, 2.45) is 0 Å². The van der Waals surface area contributed by atoms with Crippen LogP contribution in [0.1, 0.15) is 16.1 Å². The third-order valence-corrected chi connectivity index (χ3v) is 6.24. The van der Waals surface area contributed by atoms with E-state index in [1.54, 1.807) is 28.9 Å². The largest absolute Gasteiger partial charge is 0.454 e. The third-order valence-electron chi connectivity index (χ3n) is 4.60. The Morgan fingerprint density at radius 3 is 2.87 bits per heavy atom. The molecule has 5 aromatic rings. The highest BCUT2D eigenvalue weighted by Crippen LogP contribution is 2.31. The number of aromatic nitrogens is 3. The standard InChI is InChI=1S/C22H14BrClN4O2S/c1-12-8-20(26-21(29)15-10-14(23)6-7-16(15)24)28(27-12)22-25-17(11-31-22)19-9-13-4-2-3-5-18(13)30-19/h2-11H,1H3,(H,26,29). The number of hydrogen-bond acceptors (Lipinski definition) is 5. The second kappa shape index (κ2) is 7.96. The summed E-state index contributed by atoms with van der Waals surface area (Å²) >= 11 is 11.0. The number of nitrogens with one attached hydrogen (secondary N) is 1. The lowest BCUT2D eigenvalue weighted by atomic mass is 10.2. The van der Waals surface area contributed by atoms with E-state index >= 15 is 0 Å². The first kappa shape index (κ1) is 20.0. The first-order valence-corrected chi connectivity index (χ1v) is 11.3. The minimum absolute atomic E-state index is 0.332. The van der Waals surface area contributed by atoms with Gasteiger partial charge in [0.1, 0.15) is 17.1 Å². The van der Waals surface area contributed by atoms with Crippen LogP contribution in [0.4, 0.5) is 5.82 Å². The Kier molecular flexibility index (Phi) is 5.13. The van der Waals surface area contributed by atoms with Crippen molar-refractivity contribution in [1.82, 2.24) is 14.8 Å². The number of amides is 1. The predicted octanol–water partition coefficient (Wildman–Crippen LogP) is 6.72. The van der Waals surface area contributed by atoms with Gasteiger partial charge in [0.05, 0.1) is 16.3 Å². The molecule has 0 saturated heterocycles. The summed E-state index contributed by atoms with van der Waals surface area (Å²) < 4.78 is 8.28. The fraction of sp³-hybridized carbons (Fsp3) is 0.0455. The molecule has 0 unspecified atom stereocenters. The summed E-state index contributed by atoms with van der Waals surface area (Å²) in [5.74, 6) is 0.852. The van der Waals surface area contributed by atoms with Gasteiger partial charge in [0.2, 0.25) is 5.13 Å². The van der Waals surface area contributed by atoms with Crippen LogP contribution >= 0.6 is 38.9 Å². The average Bonchev–Trinajstić information content (AvgIpc) is 3.47. The van der Waals surface area contributed by atoms with E-state index in [0.717, 1.165) is 21.1 Å². The number of thiazole rings is 1. The Morgan fingerprint density at radius 1 is 1.19 bits per heavy atom. The van der Waals surface area contributed by atoms with Crippen molar-refractivity contribution >= 4 is 61.6 Å². The molecular weight excluding hydrogens is 500 g/mol. The van der Waals surface area contributed by atoms with Crippen LogP contribution in [0, 0.1) is 6.92 Å². The number of carbonyl (C=O) groups excluding carboxylic acids is 1. The second-order valence-corrected chi connectivity index (χ2v) is 8.98. The number of fused-ring (bicyclic) bond motifs is 1. The maximum atomic E-state index is 12.8. The van der Waals surface area contributed by atoms with Crippen LogP contribution in [0.5, 0.6) is 0 Å². The number of hydrogen-bond donors (Lipinski definition) is 1. The summed E-state index contributed by atoms with van der Waals surface area (Å²) in [4.78, 5) is 17.5. The van der Waals surface area contributed by atoms with Crippen LogP contribution in [0.25, 0.3) is 27.6 Å². The summed E-state index contributed by atoms with van der Waals surface area (Å²) in [5.41, 5.74) is 2.62. The molecule has 3 aromatic heterocycles. The quantitative estimate of drug-likeness (QED) is 0.289. The highest BCUT2D eigenvalue weighted by molar-refractivity contribution is 9.10. The highest BCUT2D eigenvalue weighted by Gasteiger charge is 2.18. The number of aryl methyl sites for hydroxylation is 1. The molecule has 0 aliphatic carbocycles. The van der Waals surface area contributed by atoms with Crippen molar-refractivity contribution in [2.75, 3.05) is 5.32 Å². The summed E-state index contributed by atoms with van der Waals surface area (Å²) in [7, 11) is 0. The number of anilines is 1. The minimum atomic E-state index is -0.332. The molecule has 0 saturated carbocycles. The van der Waals surface area contributed by atoms with Gasteiger partial charge in [-0.05, 0) is 37.3 Å². The summed E-state index contributed by atoms with van der Waals surface area (Å²) in [6.07, 6.45) is 0. The van der Waals surface area contributed by atoms with Gasteiger partial charge in [-0.2, -0.15) is 9.78 Å². The van der Waals surface area contributed by atoms with E-state index in [1.165, 1.54) is 11.3 Å². The zero-order valence-corrected chi connectivity index (χ0v) is 19.3. The SMILES string of the molecule is Cc1cc(NC(=O)c2cc(Br)ccc2Cl)n(-c2nc(-c3cc4ccccc4o3)cs2)n1. The van der Waals surface area contributed by atoms with Gasteiger partial charge in [0.25, 0.3) is 5.91 Å². The Morgan fingerprint density at radius 2 is 2.03 bits per heavy atom. The van der Waals surface area contributed by atoms with Crippen molar-refractivity contribution in [1.29, 1.82) is 0 Å². The van der Waals surface area contributed by atoms with E-state index in [2.05, 4.69) is 31.3 Å². The van der Waals surface area contributed by atoms with Gasteiger partial charge in [-0.25, -0.2) is 4.98 Å². The molecule has 5 rings (SSSR count). The molecule has 9 heteroatoms. The van der Waals surface area contributed by atoms with Crippen LogP contribution < -0.4 is 5.32 Å². The van der Waals surface area contributed by atoms with Gasteiger partial charge in [-0.1, -0.05) is 45.7 Å². The predicted molar refractivity (Wildman–Crippen MR) is 126 cm³/mol. The number of furan rings is 1. The monoisotopic (exact) mass is 512 g/mol. The van der Waals surface area contributed by atoms with Crippen molar-refractivity contribution in [3.05, 3.63) is 80.7 Å². The van der Waals surface area contributed by atoms with Gasteiger partial charge in [0.15, 0.2) is 5.76 Å². The summed E-state index contributed by atoms with van der Waals surface area (Å²) in [6, 6.07) is 16.7. The molecule has 0 bridgehead atoms. The topological polar surface area (TPSA) is 73.0 Å². The van der Waals surface area contributed by atoms with Gasteiger partial charge >= 0.3 is 0 Å². The first-order chi connectivity index (χ1) is 15.0. The molecule has 0 aliphatic heterocycles. The lowest BCUT2D eigenvalue weighted by Gasteiger charge is -2.08. The van der Waals surface area contributed by atoms with E-state index in [9.17, 15) is 4.79 Å². The van der Waals surface area contributed by atoms with E-state index in [-0.39, 0.29) is 5.91 Å². The smallest absolute Gasteiger partial charge is 0.258 e. The molecule has 0 atom stereocenters. The number of benzene rings is 2. The second-order valence-electron chi connectivity index (χ2n) is 6.82. The fourth-order valence-corrected chi connectivity index (χ4v) is 4.51. The molecule has 31 heavy (non-hydrogen) atoms. The summed E-state index contributed by atoms with van der Waals surface area (Å²) in [6.45, 7) is 1.85. The highest BCUT2D eigenvalue weighted by atomic mass is 79.9. The Hall–Kier alpha value is -2.94. The number of rotatable bonds is 4. The molecular formula is C22H14BrClN4O2S. The number of carbonyl (C=O) groups is 1. The van der Waals surface area contributed by atoms with Crippen molar-refractivity contribution < 1.29 is 9.21 Å². The zero-order valence-electron chi connectivity index (χ0n) is 16.1. The van der Waals surface area contributed by atoms with Gasteiger partial charge < -0.3 is 9.73 Å². The van der Waals surface area contributed by atoms with Crippen LogP contribution in [-0.2, 0) is 0 Å². The van der Waals surface area contributed by atoms with Crippen molar-refractivity contribution in [2.45, 2.75) is 6.92 Å². The summed E-state index contributed by atoms with van der Waals surface area (Å²) in [5, 5.41) is 11.3. The molecule has 1 amide bonds. The van der Waals surface area contributed by atoms with Gasteiger partial charge in [-0.3, -0.25) is 4.79 Å². The maximum absolute atomic E-state index is 12.8. The minimum Gasteiger partial charge on any atom is -0.454 e. The first-order valence-electron chi connectivity index (χ1n) is 9.26. The van der Waals surface area contributed by atoms with Crippen molar-refractivity contribution in [3.8, 4) is 16.6 Å². The Labute approximate surface area is 194 Å². The Bertz CT molecular complexity index is 1410. The number of para-hydroxylation sites is 1. The molecule has 3 heterocycles. The van der Waals surface area contributed by atoms with E-state index in [0.29, 0.717) is 33.0 Å². The Balaban J connectivity index is 1.47. The van der Waals surface area contributed by atoms with Gasteiger partial charge in [0, 0.05) is 21.3 Å². The normalized spacial score (nSPS) is 11.2. The third kappa shape index (κ3) is 3.89. The lowest BCUT2D eigenvalue weighted by molar-refractivity contribution is 0.102. The van der Waals surface area contributed by atoms with Crippen LogP contribution in [0.15, 0.2) is 68.9 Å². The molecule has 6 nitrogen and oxygen atoms in total. The number of nitrogens with zero attached hydrogens (tertiary/aromatic N) is 3. The lowest BCUT2D eigenvalue weighted by Crippen LogP contribution is -2.15. The molecule has 0 fully saturated rings. The molecule has 2 aromatic carbocycles. The van der Waals surface area contributed by atoms with E-state index in [1.807, 2.05) is 42.6 Å². The number of halogens is 2. The molecule has 154 valence electrons. The average molecular weight is 514 g/mol. The van der Waals surface area contributed by atoms with Crippen LogP contribution in [0.2, 0.25) is 5.02 Å². The zero-order chi connectivity index (χ0) is 21.5. The van der Waals surface area contributed by atoms with Crippen LogP contribution in [-0.4, -0.2) is 20.7 Å².